The van der Waals surface area contributed by atoms with Crippen LogP contribution in [0.15, 0.2) is 34.9 Å². The Hall–Kier alpha value is -2.83. The number of oxazole rings is 1. The molecule has 3 heterocycles. The van der Waals surface area contributed by atoms with Gasteiger partial charge in [-0.25, -0.2) is 9.78 Å². The average Bonchev–Trinajstić information content (AvgIpc) is 3.16. The highest BCUT2D eigenvalue weighted by atomic mass is 16.5. The zero-order chi connectivity index (χ0) is 17.6. The van der Waals surface area contributed by atoms with Gasteiger partial charge >= 0.3 is 6.03 Å². The van der Waals surface area contributed by atoms with E-state index in [0.29, 0.717) is 30.2 Å². The molecule has 2 aliphatic heterocycles. The van der Waals surface area contributed by atoms with Gasteiger partial charge in [0.05, 0.1) is 12.8 Å². The number of imide groups is 1. The van der Waals surface area contributed by atoms with Crippen molar-refractivity contribution in [2.24, 2.45) is 0 Å². The van der Waals surface area contributed by atoms with Crippen molar-refractivity contribution in [2.45, 2.75) is 38.3 Å². The highest BCUT2D eigenvalue weighted by molar-refractivity contribution is 6.07. The number of para-hydroxylation sites is 1. The minimum absolute atomic E-state index is 0.0160. The van der Waals surface area contributed by atoms with Crippen LogP contribution in [0.1, 0.15) is 43.4 Å². The quantitative estimate of drug-likeness (QED) is 0.867. The number of nitrogens with one attached hydrogen (secondary N) is 1. The Morgan fingerprint density at radius 2 is 2.12 bits per heavy atom. The molecule has 7 heteroatoms. The molecule has 1 atom stereocenters. The Morgan fingerprint density at radius 1 is 1.32 bits per heavy atom. The first kappa shape index (κ1) is 15.7. The summed E-state index contributed by atoms with van der Waals surface area (Å²) in [5.74, 6) is 1.61. The minimum Gasteiger partial charge on any atom is -0.493 e. The highest BCUT2D eigenvalue weighted by Gasteiger charge is 2.55. The van der Waals surface area contributed by atoms with E-state index in [4.69, 9.17) is 9.15 Å². The summed E-state index contributed by atoms with van der Waals surface area (Å²) in [6, 6.07) is 6.86. The van der Waals surface area contributed by atoms with E-state index in [9.17, 15) is 9.59 Å². The van der Waals surface area contributed by atoms with Crippen LogP contribution in [0.5, 0.6) is 5.75 Å². The summed E-state index contributed by atoms with van der Waals surface area (Å²) in [6.45, 7) is 4.37. The first-order valence-electron chi connectivity index (χ1n) is 8.32. The van der Waals surface area contributed by atoms with Crippen molar-refractivity contribution in [3.05, 3.63) is 47.7 Å². The number of hydrogen-bond acceptors (Lipinski definition) is 5. The van der Waals surface area contributed by atoms with E-state index in [1.54, 1.807) is 12.3 Å². The normalized spacial score (nSPS) is 22.3. The molecule has 1 N–H and O–H groups in total. The summed E-state index contributed by atoms with van der Waals surface area (Å²) in [7, 11) is 0. The van der Waals surface area contributed by atoms with E-state index in [-0.39, 0.29) is 18.4 Å². The van der Waals surface area contributed by atoms with Gasteiger partial charge in [-0.15, -0.1) is 0 Å². The van der Waals surface area contributed by atoms with E-state index >= 15 is 0 Å². The minimum atomic E-state index is -1.07. The van der Waals surface area contributed by atoms with Gasteiger partial charge in [-0.2, -0.15) is 0 Å². The molecule has 7 nitrogen and oxygen atoms in total. The Kier molecular flexibility index (Phi) is 3.52. The van der Waals surface area contributed by atoms with Crippen molar-refractivity contribution >= 4 is 11.9 Å². The molecule has 0 bridgehead atoms. The standard InChI is InChI=1S/C18H19N3O4/c1-11(2)14-9-19-15(25-14)10-21-16(22)18(20-17(21)23)7-8-24-13-6-4-3-5-12(13)18/h3-6,9,11H,7-8,10H2,1-2H3,(H,20,23). The third-order valence-electron chi connectivity index (χ3n) is 4.69. The number of carbonyl (C=O) groups excluding carboxylic acids is 2. The second-order valence-electron chi connectivity index (χ2n) is 6.63. The summed E-state index contributed by atoms with van der Waals surface area (Å²) < 4.78 is 11.3. The van der Waals surface area contributed by atoms with Crippen molar-refractivity contribution in [1.82, 2.24) is 15.2 Å². The van der Waals surface area contributed by atoms with E-state index in [1.165, 1.54) is 0 Å². The molecule has 3 amide bonds. The Morgan fingerprint density at radius 3 is 2.88 bits per heavy atom. The van der Waals surface area contributed by atoms with Crippen LogP contribution in [0.25, 0.3) is 0 Å². The predicted molar refractivity (Wildman–Crippen MR) is 87.9 cm³/mol. The van der Waals surface area contributed by atoms with Crippen LogP contribution in [-0.2, 0) is 16.9 Å². The second kappa shape index (κ2) is 5.61. The molecule has 1 spiro atoms. The maximum atomic E-state index is 13.1. The lowest BCUT2D eigenvalue weighted by Crippen LogP contribution is -2.47. The number of rotatable bonds is 3. The summed E-state index contributed by atoms with van der Waals surface area (Å²) in [5.41, 5.74) is -0.378. The first-order chi connectivity index (χ1) is 12.0. The molecule has 2 aliphatic rings. The third-order valence-corrected chi connectivity index (χ3v) is 4.69. The fourth-order valence-electron chi connectivity index (χ4n) is 3.32. The number of amides is 3. The molecule has 0 radical (unpaired) electrons. The first-order valence-corrected chi connectivity index (χ1v) is 8.32. The molecule has 4 rings (SSSR count). The van der Waals surface area contributed by atoms with Crippen LogP contribution < -0.4 is 10.1 Å². The van der Waals surface area contributed by atoms with Crippen LogP contribution in [0.3, 0.4) is 0 Å². The van der Waals surface area contributed by atoms with E-state index < -0.39 is 11.6 Å². The number of nitrogens with zero attached hydrogens (tertiary/aromatic N) is 2. The molecule has 130 valence electrons. The number of fused-ring (bicyclic) bond motifs is 2. The smallest absolute Gasteiger partial charge is 0.325 e. The van der Waals surface area contributed by atoms with Crippen LogP contribution in [-0.4, -0.2) is 28.4 Å². The Bertz CT molecular complexity index is 844. The van der Waals surface area contributed by atoms with Gasteiger partial charge in [-0.3, -0.25) is 9.69 Å². The molecule has 1 saturated heterocycles. The van der Waals surface area contributed by atoms with Crippen LogP contribution in [0, 0.1) is 0 Å². The van der Waals surface area contributed by atoms with Gasteiger partial charge in [0.15, 0.2) is 5.54 Å². The van der Waals surface area contributed by atoms with Crippen LogP contribution >= 0.6 is 0 Å². The molecule has 0 saturated carbocycles. The van der Waals surface area contributed by atoms with E-state index in [2.05, 4.69) is 10.3 Å². The molecular weight excluding hydrogens is 322 g/mol. The zero-order valence-electron chi connectivity index (χ0n) is 14.1. The van der Waals surface area contributed by atoms with Crippen LogP contribution in [0.4, 0.5) is 4.79 Å². The molecular formula is C18H19N3O4. The van der Waals surface area contributed by atoms with Gasteiger partial charge in [0, 0.05) is 17.9 Å². The van der Waals surface area contributed by atoms with Gasteiger partial charge in [-0.1, -0.05) is 32.0 Å². The Labute approximate surface area is 145 Å². The largest absolute Gasteiger partial charge is 0.493 e. The van der Waals surface area contributed by atoms with Crippen LogP contribution in [0.2, 0.25) is 0 Å². The second-order valence-corrected chi connectivity index (χ2v) is 6.63. The molecule has 1 fully saturated rings. The lowest BCUT2D eigenvalue weighted by molar-refractivity contribution is -0.133. The summed E-state index contributed by atoms with van der Waals surface area (Å²) in [5, 5.41) is 2.86. The van der Waals surface area contributed by atoms with Gasteiger partial charge in [0.1, 0.15) is 18.1 Å². The maximum absolute atomic E-state index is 13.1. The highest BCUT2D eigenvalue weighted by Crippen LogP contribution is 2.41. The molecule has 0 aliphatic carbocycles. The fourth-order valence-corrected chi connectivity index (χ4v) is 3.32. The summed E-state index contributed by atoms with van der Waals surface area (Å²) in [4.78, 5) is 31.0. The zero-order valence-corrected chi connectivity index (χ0v) is 14.1. The average molecular weight is 341 g/mol. The molecule has 25 heavy (non-hydrogen) atoms. The number of ether oxygens (including phenoxy) is 1. The molecule has 1 aromatic carbocycles. The van der Waals surface area contributed by atoms with Crippen molar-refractivity contribution in [2.75, 3.05) is 6.61 Å². The Balaban J connectivity index is 1.65. The lowest BCUT2D eigenvalue weighted by Gasteiger charge is -2.33. The van der Waals surface area contributed by atoms with Gasteiger partial charge in [0.25, 0.3) is 5.91 Å². The van der Waals surface area contributed by atoms with Crippen molar-refractivity contribution in [3.8, 4) is 5.75 Å². The SMILES string of the molecule is CC(C)c1cnc(CN2C(=O)NC3(CCOc4ccccc43)C2=O)o1. The van der Waals surface area contributed by atoms with Gasteiger partial charge < -0.3 is 14.5 Å². The van der Waals surface area contributed by atoms with Crippen molar-refractivity contribution in [1.29, 1.82) is 0 Å². The number of benzene rings is 1. The van der Waals surface area contributed by atoms with E-state index in [1.807, 2.05) is 32.0 Å². The van der Waals surface area contributed by atoms with Gasteiger partial charge in [0.2, 0.25) is 5.89 Å². The summed E-state index contributed by atoms with van der Waals surface area (Å²) in [6.07, 6.45) is 2.03. The third kappa shape index (κ3) is 2.38. The fraction of sp³-hybridized carbons (Fsp3) is 0.389. The lowest BCUT2D eigenvalue weighted by atomic mass is 9.84. The maximum Gasteiger partial charge on any atom is 0.325 e. The number of aromatic nitrogens is 1. The van der Waals surface area contributed by atoms with Crippen molar-refractivity contribution < 1.29 is 18.7 Å². The van der Waals surface area contributed by atoms with Crippen molar-refractivity contribution in [3.63, 3.8) is 0 Å². The topological polar surface area (TPSA) is 84.7 Å². The predicted octanol–water partition coefficient (Wildman–Crippen LogP) is 2.53. The number of carbonyl (C=O) groups is 2. The summed E-state index contributed by atoms with van der Waals surface area (Å²) >= 11 is 0. The van der Waals surface area contributed by atoms with E-state index in [0.717, 1.165) is 10.7 Å². The molecule has 1 aromatic heterocycles. The molecule has 2 aromatic rings. The molecule has 1 unspecified atom stereocenters. The number of urea groups is 1. The monoisotopic (exact) mass is 341 g/mol. The van der Waals surface area contributed by atoms with Gasteiger partial charge in [-0.05, 0) is 6.07 Å². The number of hydrogen-bond donors (Lipinski definition) is 1.